The predicted octanol–water partition coefficient (Wildman–Crippen LogP) is 2.33. The van der Waals surface area contributed by atoms with Crippen LogP contribution < -0.4 is 5.32 Å². The van der Waals surface area contributed by atoms with Crippen LogP contribution in [0.4, 0.5) is 0 Å². The van der Waals surface area contributed by atoms with Gasteiger partial charge < -0.3 is 5.32 Å². The lowest BCUT2D eigenvalue weighted by atomic mass is 9.93. The number of rotatable bonds is 1. The first-order chi connectivity index (χ1) is 6.66. The van der Waals surface area contributed by atoms with Crippen LogP contribution >= 0.6 is 11.6 Å². The number of halogens is 1. The minimum atomic E-state index is 0.137. The molecule has 1 aliphatic heterocycles. The lowest BCUT2D eigenvalue weighted by Gasteiger charge is -2.14. The predicted molar refractivity (Wildman–Crippen MR) is 56.4 cm³/mol. The van der Waals surface area contributed by atoms with E-state index in [0.29, 0.717) is 12.3 Å². The van der Waals surface area contributed by atoms with Gasteiger partial charge in [0.2, 0.25) is 5.91 Å². The minimum absolute atomic E-state index is 0.137. The highest BCUT2D eigenvalue weighted by Gasteiger charge is 2.29. The summed E-state index contributed by atoms with van der Waals surface area (Å²) in [5.41, 5.74) is 1.18. The zero-order valence-corrected chi connectivity index (χ0v) is 8.71. The van der Waals surface area contributed by atoms with Gasteiger partial charge in [-0.25, -0.2) is 0 Å². The highest BCUT2D eigenvalue weighted by molar-refractivity contribution is 6.30. The highest BCUT2D eigenvalue weighted by Crippen LogP contribution is 2.28. The maximum Gasteiger partial charge on any atom is 0.220 e. The average molecular weight is 210 g/mol. The van der Waals surface area contributed by atoms with Crippen LogP contribution in [0, 0.1) is 0 Å². The van der Waals surface area contributed by atoms with Crippen molar-refractivity contribution < 1.29 is 4.79 Å². The molecule has 1 fully saturated rings. The summed E-state index contributed by atoms with van der Waals surface area (Å²) < 4.78 is 0. The molecule has 14 heavy (non-hydrogen) atoms. The van der Waals surface area contributed by atoms with Crippen molar-refractivity contribution in [2.75, 3.05) is 0 Å². The first-order valence-electron chi connectivity index (χ1n) is 4.71. The molecule has 0 aromatic heterocycles. The summed E-state index contributed by atoms with van der Waals surface area (Å²) in [6.45, 7) is 2.03. The van der Waals surface area contributed by atoms with Gasteiger partial charge >= 0.3 is 0 Å². The molecular formula is C11H12ClNO. The summed E-state index contributed by atoms with van der Waals surface area (Å²) in [7, 11) is 0. The molecule has 1 saturated heterocycles. The third kappa shape index (κ3) is 1.75. The first kappa shape index (κ1) is 9.53. The SMILES string of the molecule is C[C@H]1NC(=O)C[C@@H]1c1ccc(Cl)cc1. The summed E-state index contributed by atoms with van der Waals surface area (Å²) in [6, 6.07) is 7.94. The molecule has 0 saturated carbocycles. The third-order valence-electron chi connectivity index (χ3n) is 2.70. The molecule has 3 heteroatoms. The van der Waals surface area contributed by atoms with Crippen LogP contribution in [0.5, 0.6) is 0 Å². The standard InChI is InChI=1S/C11H12ClNO/c1-7-10(6-11(14)13-7)8-2-4-9(12)5-3-8/h2-5,7,10H,6H2,1H3,(H,13,14)/t7-,10+/m1/s1. The monoisotopic (exact) mass is 209 g/mol. The van der Waals surface area contributed by atoms with Crippen molar-refractivity contribution in [3.63, 3.8) is 0 Å². The second kappa shape index (κ2) is 3.62. The van der Waals surface area contributed by atoms with Gasteiger partial charge in [0.05, 0.1) is 0 Å². The summed E-state index contributed by atoms with van der Waals surface area (Å²) in [6.07, 6.45) is 0.586. The van der Waals surface area contributed by atoms with Gasteiger partial charge in [-0.15, -0.1) is 0 Å². The van der Waals surface area contributed by atoms with Crippen molar-refractivity contribution >= 4 is 17.5 Å². The van der Waals surface area contributed by atoms with E-state index in [4.69, 9.17) is 11.6 Å². The molecule has 2 atom stereocenters. The Hall–Kier alpha value is -1.02. The largest absolute Gasteiger partial charge is 0.353 e. The van der Waals surface area contributed by atoms with Crippen LogP contribution in [0.3, 0.4) is 0 Å². The Morgan fingerprint density at radius 1 is 1.36 bits per heavy atom. The first-order valence-corrected chi connectivity index (χ1v) is 5.09. The number of hydrogen-bond acceptors (Lipinski definition) is 1. The topological polar surface area (TPSA) is 29.1 Å². The molecule has 2 rings (SSSR count). The van der Waals surface area contributed by atoms with Gasteiger partial charge in [-0.1, -0.05) is 23.7 Å². The fourth-order valence-electron chi connectivity index (χ4n) is 1.91. The van der Waals surface area contributed by atoms with E-state index in [0.717, 1.165) is 5.02 Å². The Kier molecular flexibility index (Phi) is 2.46. The van der Waals surface area contributed by atoms with E-state index >= 15 is 0 Å². The fourth-order valence-corrected chi connectivity index (χ4v) is 2.03. The molecule has 1 aromatic rings. The third-order valence-corrected chi connectivity index (χ3v) is 2.95. The molecule has 0 unspecified atom stereocenters. The molecule has 1 amide bonds. The van der Waals surface area contributed by atoms with E-state index in [9.17, 15) is 4.79 Å². The molecule has 2 nitrogen and oxygen atoms in total. The van der Waals surface area contributed by atoms with Crippen LogP contribution in [-0.4, -0.2) is 11.9 Å². The maximum atomic E-state index is 11.2. The Balaban J connectivity index is 2.23. The zero-order chi connectivity index (χ0) is 10.1. The Labute approximate surface area is 88.3 Å². The molecular weight excluding hydrogens is 198 g/mol. The van der Waals surface area contributed by atoms with Crippen molar-refractivity contribution in [3.05, 3.63) is 34.9 Å². The Morgan fingerprint density at radius 3 is 2.50 bits per heavy atom. The van der Waals surface area contributed by atoms with Gasteiger partial charge in [-0.05, 0) is 24.6 Å². The molecule has 0 aliphatic carbocycles. The second-order valence-corrected chi connectivity index (χ2v) is 4.15. The lowest BCUT2D eigenvalue weighted by molar-refractivity contribution is -0.119. The van der Waals surface area contributed by atoms with Gasteiger partial charge in [0.25, 0.3) is 0 Å². The van der Waals surface area contributed by atoms with Crippen LogP contribution in [0.2, 0.25) is 5.02 Å². The average Bonchev–Trinajstić information content (AvgIpc) is 2.47. The Morgan fingerprint density at radius 2 is 2.00 bits per heavy atom. The van der Waals surface area contributed by atoms with Crippen molar-refractivity contribution in [3.8, 4) is 0 Å². The van der Waals surface area contributed by atoms with E-state index in [1.807, 2.05) is 31.2 Å². The molecule has 1 aliphatic rings. The van der Waals surface area contributed by atoms with E-state index < -0.39 is 0 Å². The number of carbonyl (C=O) groups is 1. The second-order valence-electron chi connectivity index (χ2n) is 3.72. The van der Waals surface area contributed by atoms with Gasteiger partial charge in [-0.3, -0.25) is 4.79 Å². The molecule has 1 heterocycles. The van der Waals surface area contributed by atoms with Gasteiger partial charge in [0.15, 0.2) is 0 Å². The number of amides is 1. The lowest BCUT2D eigenvalue weighted by Crippen LogP contribution is -2.24. The smallest absolute Gasteiger partial charge is 0.220 e. The van der Waals surface area contributed by atoms with E-state index in [1.165, 1.54) is 5.56 Å². The maximum absolute atomic E-state index is 11.2. The highest BCUT2D eigenvalue weighted by atomic mass is 35.5. The van der Waals surface area contributed by atoms with Crippen LogP contribution in [0.15, 0.2) is 24.3 Å². The summed E-state index contributed by atoms with van der Waals surface area (Å²) in [5.74, 6) is 0.428. The molecule has 1 aromatic carbocycles. The van der Waals surface area contributed by atoms with Gasteiger partial charge in [0, 0.05) is 23.4 Å². The molecule has 0 bridgehead atoms. The van der Waals surface area contributed by atoms with E-state index in [1.54, 1.807) is 0 Å². The van der Waals surface area contributed by atoms with Gasteiger partial charge in [0.1, 0.15) is 0 Å². The van der Waals surface area contributed by atoms with Crippen LogP contribution in [0.25, 0.3) is 0 Å². The summed E-state index contributed by atoms with van der Waals surface area (Å²) in [5, 5.41) is 3.64. The molecule has 1 N–H and O–H groups in total. The summed E-state index contributed by atoms with van der Waals surface area (Å²) >= 11 is 5.80. The Bertz CT molecular complexity index is 347. The number of carbonyl (C=O) groups excluding carboxylic acids is 1. The number of hydrogen-bond donors (Lipinski definition) is 1. The minimum Gasteiger partial charge on any atom is -0.353 e. The van der Waals surface area contributed by atoms with Crippen LogP contribution in [0.1, 0.15) is 24.8 Å². The van der Waals surface area contributed by atoms with Crippen LogP contribution in [-0.2, 0) is 4.79 Å². The van der Waals surface area contributed by atoms with Crippen molar-refractivity contribution in [2.24, 2.45) is 0 Å². The molecule has 0 radical (unpaired) electrons. The molecule has 74 valence electrons. The fraction of sp³-hybridized carbons (Fsp3) is 0.364. The number of benzene rings is 1. The van der Waals surface area contributed by atoms with Gasteiger partial charge in [-0.2, -0.15) is 0 Å². The van der Waals surface area contributed by atoms with E-state index in [2.05, 4.69) is 5.32 Å². The summed E-state index contributed by atoms with van der Waals surface area (Å²) in [4.78, 5) is 11.2. The molecule has 0 spiro atoms. The van der Waals surface area contributed by atoms with Crippen molar-refractivity contribution in [1.82, 2.24) is 5.32 Å². The van der Waals surface area contributed by atoms with E-state index in [-0.39, 0.29) is 11.9 Å². The normalized spacial score (nSPS) is 26.3. The zero-order valence-electron chi connectivity index (χ0n) is 7.96. The quantitative estimate of drug-likeness (QED) is 0.756. The number of nitrogens with one attached hydrogen (secondary N) is 1. The van der Waals surface area contributed by atoms with Crippen molar-refractivity contribution in [1.29, 1.82) is 0 Å². The van der Waals surface area contributed by atoms with Crippen molar-refractivity contribution in [2.45, 2.75) is 25.3 Å².